The molecule has 0 aliphatic heterocycles. The van der Waals surface area contributed by atoms with Gasteiger partial charge in [0.05, 0.1) is 5.41 Å². The van der Waals surface area contributed by atoms with E-state index in [1.807, 2.05) is 0 Å². The predicted molar refractivity (Wildman–Crippen MR) is 68.2 cm³/mol. The fraction of sp³-hybridized carbons (Fsp3) is 0.500. The van der Waals surface area contributed by atoms with Gasteiger partial charge in [-0.2, -0.15) is 0 Å². The third-order valence-electron chi connectivity index (χ3n) is 3.83. The minimum absolute atomic E-state index is 0.112. The Morgan fingerprint density at radius 1 is 1.39 bits per heavy atom. The molecule has 1 fully saturated rings. The van der Waals surface area contributed by atoms with E-state index in [9.17, 15) is 9.18 Å². The number of hydrogen-bond acceptors (Lipinski definition) is 2. The molecular formula is C14H19FN2O. The van der Waals surface area contributed by atoms with E-state index in [0.717, 1.165) is 24.8 Å². The van der Waals surface area contributed by atoms with Crippen molar-refractivity contribution in [3.63, 3.8) is 0 Å². The Kier molecular flexibility index (Phi) is 3.66. The van der Waals surface area contributed by atoms with Crippen molar-refractivity contribution < 1.29 is 9.18 Å². The van der Waals surface area contributed by atoms with Gasteiger partial charge >= 0.3 is 0 Å². The highest BCUT2D eigenvalue weighted by Crippen LogP contribution is 2.41. The molecule has 1 aromatic rings. The molecular weight excluding hydrogens is 231 g/mol. The lowest BCUT2D eigenvalue weighted by Crippen LogP contribution is -2.50. The fourth-order valence-electron chi connectivity index (χ4n) is 2.45. The first-order valence-corrected chi connectivity index (χ1v) is 6.27. The van der Waals surface area contributed by atoms with Gasteiger partial charge in [-0.15, -0.1) is 0 Å². The molecule has 1 amide bonds. The van der Waals surface area contributed by atoms with Crippen molar-refractivity contribution in [1.29, 1.82) is 0 Å². The van der Waals surface area contributed by atoms with Crippen LogP contribution in [0.15, 0.2) is 24.3 Å². The van der Waals surface area contributed by atoms with Crippen LogP contribution in [0.4, 0.5) is 4.39 Å². The van der Waals surface area contributed by atoms with E-state index in [0.29, 0.717) is 13.1 Å². The SMILES string of the molecule is CN(Cc1ccc(F)cc1)C(=O)C1(CN)CCC1. The van der Waals surface area contributed by atoms with Crippen LogP contribution in [0, 0.1) is 11.2 Å². The Morgan fingerprint density at radius 3 is 2.44 bits per heavy atom. The minimum Gasteiger partial charge on any atom is -0.341 e. The van der Waals surface area contributed by atoms with Crippen LogP contribution in [-0.2, 0) is 11.3 Å². The maximum Gasteiger partial charge on any atom is 0.230 e. The number of halogens is 1. The molecule has 0 radical (unpaired) electrons. The maximum atomic E-state index is 12.8. The van der Waals surface area contributed by atoms with Crippen molar-refractivity contribution in [1.82, 2.24) is 4.90 Å². The smallest absolute Gasteiger partial charge is 0.230 e. The number of nitrogens with two attached hydrogens (primary N) is 1. The van der Waals surface area contributed by atoms with Gasteiger partial charge in [0.1, 0.15) is 5.82 Å². The molecule has 0 spiro atoms. The van der Waals surface area contributed by atoms with Crippen molar-refractivity contribution in [2.75, 3.05) is 13.6 Å². The molecule has 0 aromatic heterocycles. The number of carbonyl (C=O) groups excluding carboxylic acids is 1. The predicted octanol–water partition coefficient (Wildman–Crippen LogP) is 1.91. The topological polar surface area (TPSA) is 46.3 Å². The molecule has 2 rings (SSSR count). The highest BCUT2D eigenvalue weighted by molar-refractivity contribution is 5.83. The molecule has 1 aromatic carbocycles. The Labute approximate surface area is 107 Å². The van der Waals surface area contributed by atoms with Crippen LogP contribution < -0.4 is 5.73 Å². The lowest BCUT2D eigenvalue weighted by molar-refractivity contribution is -0.145. The summed E-state index contributed by atoms with van der Waals surface area (Å²) in [6.45, 7) is 0.917. The molecule has 1 aliphatic carbocycles. The number of hydrogen-bond donors (Lipinski definition) is 1. The molecule has 2 N–H and O–H groups in total. The standard InChI is InChI=1S/C14H19FN2O/c1-17(9-11-3-5-12(15)6-4-11)13(18)14(10-16)7-2-8-14/h3-6H,2,7-10,16H2,1H3. The average molecular weight is 250 g/mol. The fourth-order valence-corrected chi connectivity index (χ4v) is 2.45. The van der Waals surface area contributed by atoms with E-state index >= 15 is 0 Å². The van der Waals surface area contributed by atoms with Gasteiger partial charge in [-0.05, 0) is 30.5 Å². The quantitative estimate of drug-likeness (QED) is 0.887. The van der Waals surface area contributed by atoms with Gasteiger partial charge in [0.25, 0.3) is 0 Å². The summed E-state index contributed by atoms with van der Waals surface area (Å²) >= 11 is 0. The monoisotopic (exact) mass is 250 g/mol. The third-order valence-corrected chi connectivity index (χ3v) is 3.83. The summed E-state index contributed by atoms with van der Waals surface area (Å²) in [5.41, 5.74) is 6.31. The van der Waals surface area contributed by atoms with Crippen molar-refractivity contribution in [3.05, 3.63) is 35.6 Å². The van der Waals surface area contributed by atoms with Crippen LogP contribution in [0.5, 0.6) is 0 Å². The van der Waals surface area contributed by atoms with Crippen molar-refractivity contribution in [2.45, 2.75) is 25.8 Å². The summed E-state index contributed by atoms with van der Waals surface area (Å²) in [6, 6.07) is 6.23. The Bertz CT molecular complexity index is 420. The second-order valence-electron chi connectivity index (χ2n) is 5.13. The summed E-state index contributed by atoms with van der Waals surface area (Å²) < 4.78 is 12.8. The first kappa shape index (κ1) is 13.0. The van der Waals surface area contributed by atoms with E-state index < -0.39 is 0 Å². The Balaban J connectivity index is 2.01. The van der Waals surface area contributed by atoms with E-state index in [4.69, 9.17) is 5.73 Å². The maximum absolute atomic E-state index is 12.8. The van der Waals surface area contributed by atoms with Gasteiger partial charge in [0.15, 0.2) is 0 Å². The van der Waals surface area contributed by atoms with Gasteiger partial charge in [-0.3, -0.25) is 4.79 Å². The number of benzene rings is 1. The van der Waals surface area contributed by atoms with Gasteiger partial charge < -0.3 is 10.6 Å². The van der Waals surface area contributed by atoms with E-state index in [2.05, 4.69) is 0 Å². The summed E-state index contributed by atoms with van der Waals surface area (Å²) in [7, 11) is 1.78. The first-order valence-electron chi connectivity index (χ1n) is 6.27. The van der Waals surface area contributed by atoms with Crippen LogP contribution in [0.25, 0.3) is 0 Å². The van der Waals surface area contributed by atoms with Crippen LogP contribution >= 0.6 is 0 Å². The van der Waals surface area contributed by atoms with Crippen LogP contribution in [-0.4, -0.2) is 24.4 Å². The lowest BCUT2D eigenvalue weighted by Gasteiger charge is -2.41. The zero-order valence-electron chi connectivity index (χ0n) is 10.7. The number of carbonyl (C=O) groups is 1. The van der Waals surface area contributed by atoms with Crippen LogP contribution in [0.1, 0.15) is 24.8 Å². The van der Waals surface area contributed by atoms with Gasteiger partial charge in [0.2, 0.25) is 5.91 Å². The zero-order valence-corrected chi connectivity index (χ0v) is 10.7. The second kappa shape index (κ2) is 5.06. The molecule has 0 bridgehead atoms. The first-order chi connectivity index (χ1) is 8.57. The molecule has 0 unspecified atom stereocenters. The van der Waals surface area contributed by atoms with Gasteiger partial charge in [-0.1, -0.05) is 18.6 Å². The lowest BCUT2D eigenvalue weighted by atomic mass is 9.68. The van der Waals surface area contributed by atoms with Gasteiger partial charge in [-0.25, -0.2) is 4.39 Å². The van der Waals surface area contributed by atoms with Crippen LogP contribution in [0.2, 0.25) is 0 Å². The molecule has 98 valence electrons. The molecule has 0 atom stereocenters. The molecule has 1 aliphatic rings. The van der Waals surface area contributed by atoms with Crippen molar-refractivity contribution in [3.8, 4) is 0 Å². The Hall–Kier alpha value is -1.42. The van der Waals surface area contributed by atoms with Crippen molar-refractivity contribution in [2.24, 2.45) is 11.1 Å². The normalized spacial score (nSPS) is 17.1. The summed E-state index contributed by atoms with van der Waals surface area (Å²) in [6.07, 6.45) is 2.85. The average Bonchev–Trinajstić information content (AvgIpc) is 2.31. The molecule has 3 nitrogen and oxygen atoms in total. The number of amides is 1. The molecule has 18 heavy (non-hydrogen) atoms. The second-order valence-corrected chi connectivity index (χ2v) is 5.13. The highest BCUT2D eigenvalue weighted by Gasteiger charge is 2.44. The van der Waals surface area contributed by atoms with Gasteiger partial charge in [0, 0.05) is 20.1 Å². The van der Waals surface area contributed by atoms with Crippen LogP contribution in [0.3, 0.4) is 0 Å². The van der Waals surface area contributed by atoms with E-state index in [1.54, 1.807) is 24.1 Å². The minimum atomic E-state index is -0.339. The number of rotatable bonds is 4. The summed E-state index contributed by atoms with van der Waals surface area (Å²) in [4.78, 5) is 14.0. The zero-order chi connectivity index (χ0) is 13.2. The van der Waals surface area contributed by atoms with E-state index in [1.165, 1.54) is 12.1 Å². The van der Waals surface area contributed by atoms with E-state index in [-0.39, 0.29) is 17.1 Å². The molecule has 0 heterocycles. The van der Waals surface area contributed by atoms with Crippen molar-refractivity contribution >= 4 is 5.91 Å². The summed E-state index contributed by atoms with van der Waals surface area (Å²) in [5, 5.41) is 0. The largest absolute Gasteiger partial charge is 0.341 e. The number of nitrogens with zero attached hydrogens (tertiary/aromatic N) is 1. The molecule has 1 saturated carbocycles. The molecule has 0 saturated heterocycles. The summed E-state index contributed by atoms with van der Waals surface area (Å²) in [5.74, 6) is -0.147. The molecule has 4 heteroatoms. The third kappa shape index (κ3) is 2.38. The Morgan fingerprint density at radius 2 is 2.00 bits per heavy atom. The highest BCUT2D eigenvalue weighted by atomic mass is 19.1.